The highest BCUT2D eigenvalue weighted by Crippen LogP contribution is 2.39. The van der Waals surface area contributed by atoms with Crippen LogP contribution in [-0.2, 0) is 6.18 Å². The second-order valence-corrected chi connectivity index (χ2v) is 5.85. The van der Waals surface area contributed by atoms with Crippen molar-refractivity contribution < 1.29 is 13.2 Å². The average Bonchev–Trinajstić information content (AvgIpc) is 2.34. The van der Waals surface area contributed by atoms with Gasteiger partial charge in [0.25, 0.3) is 0 Å². The van der Waals surface area contributed by atoms with Crippen LogP contribution in [0.1, 0.15) is 5.56 Å². The van der Waals surface area contributed by atoms with Crippen LogP contribution in [0.2, 0.25) is 10.0 Å². The van der Waals surface area contributed by atoms with E-state index in [0.717, 1.165) is 6.07 Å². The second kappa shape index (κ2) is 5.94. The van der Waals surface area contributed by atoms with Gasteiger partial charge in [0.2, 0.25) is 0 Å². The van der Waals surface area contributed by atoms with Crippen molar-refractivity contribution in [1.29, 1.82) is 0 Å². The molecular formula is C13H8BrCl2F3N2. The number of anilines is 3. The Morgan fingerprint density at radius 3 is 2.14 bits per heavy atom. The van der Waals surface area contributed by atoms with Crippen LogP contribution < -0.4 is 11.1 Å². The molecule has 8 heteroatoms. The highest BCUT2D eigenvalue weighted by Gasteiger charge is 2.33. The number of nitrogens with two attached hydrogens (primary N) is 1. The number of hydrogen-bond acceptors (Lipinski definition) is 2. The van der Waals surface area contributed by atoms with Crippen LogP contribution in [0.3, 0.4) is 0 Å². The van der Waals surface area contributed by atoms with E-state index in [1.165, 1.54) is 24.3 Å². The maximum atomic E-state index is 12.9. The minimum absolute atomic E-state index is 0.0462. The molecule has 2 nitrogen and oxygen atoms in total. The molecule has 0 radical (unpaired) electrons. The van der Waals surface area contributed by atoms with Gasteiger partial charge in [-0.25, -0.2) is 0 Å². The van der Waals surface area contributed by atoms with Crippen molar-refractivity contribution in [1.82, 2.24) is 0 Å². The fraction of sp³-hybridized carbons (Fsp3) is 0.0769. The van der Waals surface area contributed by atoms with Crippen LogP contribution in [0.15, 0.2) is 34.8 Å². The van der Waals surface area contributed by atoms with Crippen LogP contribution in [0.5, 0.6) is 0 Å². The Labute approximate surface area is 137 Å². The normalized spacial score (nSPS) is 11.5. The van der Waals surface area contributed by atoms with E-state index in [4.69, 9.17) is 28.9 Å². The van der Waals surface area contributed by atoms with Gasteiger partial charge in [-0.05, 0) is 30.3 Å². The summed E-state index contributed by atoms with van der Waals surface area (Å²) in [5, 5.41) is 3.21. The third kappa shape index (κ3) is 3.75. The highest BCUT2D eigenvalue weighted by molar-refractivity contribution is 9.10. The molecule has 0 aliphatic rings. The van der Waals surface area contributed by atoms with Gasteiger partial charge in [0.1, 0.15) is 0 Å². The van der Waals surface area contributed by atoms with E-state index in [1.807, 2.05) is 0 Å². The Hall–Kier alpha value is -1.11. The van der Waals surface area contributed by atoms with E-state index < -0.39 is 11.7 Å². The highest BCUT2D eigenvalue weighted by atomic mass is 79.9. The first-order valence-corrected chi connectivity index (χ1v) is 7.11. The molecule has 0 spiro atoms. The van der Waals surface area contributed by atoms with Crippen molar-refractivity contribution in [2.24, 2.45) is 0 Å². The summed E-state index contributed by atoms with van der Waals surface area (Å²) < 4.78 is 38.5. The Balaban J connectivity index is 2.42. The van der Waals surface area contributed by atoms with Gasteiger partial charge in [-0.2, -0.15) is 13.2 Å². The molecule has 0 aliphatic heterocycles. The summed E-state index contributed by atoms with van der Waals surface area (Å²) in [6, 6.07) is 6.65. The van der Waals surface area contributed by atoms with Gasteiger partial charge in [0, 0.05) is 15.8 Å². The number of nitrogen functional groups attached to an aromatic ring is 1. The average molecular weight is 400 g/mol. The van der Waals surface area contributed by atoms with Crippen LogP contribution >= 0.6 is 39.1 Å². The molecule has 3 N–H and O–H groups in total. The van der Waals surface area contributed by atoms with Crippen LogP contribution in [-0.4, -0.2) is 0 Å². The smallest absolute Gasteiger partial charge is 0.399 e. The van der Waals surface area contributed by atoms with E-state index in [1.54, 1.807) is 0 Å². The number of halogens is 6. The number of nitrogens with one attached hydrogen (secondary N) is 1. The SMILES string of the molecule is Nc1cc(Cl)c(Nc2ccc(Br)c(C(F)(F)F)c2)c(Cl)c1. The summed E-state index contributed by atoms with van der Waals surface area (Å²) in [7, 11) is 0. The summed E-state index contributed by atoms with van der Waals surface area (Å²) in [5.41, 5.74) is 5.64. The summed E-state index contributed by atoms with van der Waals surface area (Å²) in [6.07, 6.45) is -4.47. The molecular weight excluding hydrogens is 392 g/mol. The summed E-state index contributed by atoms with van der Waals surface area (Å²) >= 11 is 14.8. The van der Waals surface area contributed by atoms with Crippen molar-refractivity contribution in [2.75, 3.05) is 11.1 Å². The topological polar surface area (TPSA) is 38.0 Å². The zero-order chi connectivity index (χ0) is 15.8. The monoisotopic (exact) mass is 398 g/mol. The first kappa shape index (κ1) is 16.3. The van der Waals surface area contributed by atoms with Crippen LogP contribution in [0.25, 0.3) is 0 Å². The van der Waals surface area contributed by atoms with Crippen molar-refractivity contribution in [3.05, 3.63) is 50.4 Å². The maximum absolute atomic E-state index is 12.9. The van der Waals surface area contributed by atoms with Gasteiger partial charge < -0.3 is 11.1 Å². The minimum atomic E-state index is -4.47. The van der Waals surface area contributed by atoms with E-state index in [2.05, 4.69) is 21.2 Å². The molecule has 0 saturated carbocycles. The summed E-state index contributed by atoms with van der Waals surface area (Å²) in [5.74, 6) is 0. The molecule has 112 valence electrons. The molecule has 0 bridgehead atoms. The lowest BCUT2D eigenvalue weighted by Crippen LogP contribution is -2.06. The van der Waals surface area contributed by atoms with E-state index in [-0.39, 0.29) is 20.2 Å². The third-order valence-corrected chi connectivity index (χ3v) is 3.89. The predicted octanol–water partition coefficient (Wildman–Crippen LogP) is 6.10. The lowest BCUT2D eigenvalue weighted by Gasteiger charge is -2.14. The Morgan fingerprint density at radius 1 is 1.05 bits per heavy atom. The van der Waals surface area contributed by atoms with Crippen molar-refractivity contribution in [3.63, 3.8) is 0 Å². The first-order chi connectivity index (χ1) is 9.68. The number of alkyl halides is 3. The molecule has 0 heterocycles. The Kier molecular flexibility index (Phi) is 4.60. The number of hydrogen-bond donors (Lipinski definition) is 2. The Bertz CT molecular complexity index is 667. The number of benzene rings is 2. The molecule has 2 rings (SSSR count). The van der Waals surface area contributed by atoms with E-state index in [0.29, 0.717) is 11.4 Å². The van der Waals surface area contributed by atoms with E-state index >= 15 is 0 Å². The van der Waals surface area contributed by atoms with Gasteiger partial charge in [0.05, 0.1) is 21.3 Å². The second-order valence-electron chi connectivity index (χ2n) is 4.18. The fourth-order valence-corrected chi connectivity index (χ4v) is 2.75. The first-order valence-electron chi connectivity index (χ1n) is 5.57. The number of rotatable bonds is 2. The molecule has 0 fully saturated rings. The fourth-order valence-electron chi connectivity index (χ4n) is 1.68. The molecule has 0 amide bonds. The molecule has 0 aromatic heterocycles. The van der Waals surface area contributed by atoms with Crippen LogP contribution in [0.4, 0.5) is 30.2 Å². The van der Waals surface area contributed by atoms with Gasteiger partial charge in [-0.1, -0.05) is 39.1 Å². The third-order valence-electron chi connectivity index (χ3n) is 2.61. The van der Waals surface area contributed by atoms with Crippen LogP contribution in [0, 0.1) is 0 Å². The van der Waals surface area contributed by atoms with E-state index in [9.17, 15) is 13.2 Å². The Morgan fingerprint density at radius 2 is 1.62 bits per heavy atom. The lowest BCUT2D eigenvalue weighted by atomic mass is 10.2. The van der Waals surface area contributed by atoms with Crippen molar-refractivity contribution in [2.45, 2.75) is 6.18 Å². The molecule has 0 atom stereocenters. The van der Waals surface area contributed by atoms with Crippen molar-refractivity contribution >= 4 is 56.2 Å². The maximum Gasteiger partial charge on any atom is 0.417 e. The molecule has 2 aromatic rings. The van der Waals surface area contributed by atoms with Gasteiger partial charge >= 0.3 is 6.18 Å². The quantitative estimate of drug-likeness (QED) is 0.598. The zero-order valence-electron chi connectivity index (χ0n) is 10.2. The summed E-state index contributed by atoms with van der Waals surface area (Å²) in [6.45, 7) is 0. The predicted molar refractivity (Wildman–Crippen MR) is 83.3 cm³/mol. The lowest BCUT2D eigenvalue weighted by molar-refractivity contribution is -0.138. The molecule has 21 heavy (non-hydrogen) atoms. The molecule has 0 saturated heterocycles. The molecule has 0 unspecified atom stereocenters. The molecule has 0 aliphatic carbocycles. The van der Waals surface area contributed by atoms with Crippen molar-refractivity contribution in [3.8, 4) is 0 Å². The van der Waals surface area contributed by atoms with Gasteiger partial charge in [-0.15, -0.1) is 0 Å². The summed E-state index contributed by atoms with van der Waals surface area (Å²) in [4.78, 5) is 0. The zero-order valence-corrected chi connectivity index (χ0v) is 13.3. The standard InChI is InChI=1S/C13H8BrCl2F3N2/c14-9-2-1-7(5-8(9)13(17,18)19)21-12-10(15)3-6(20)4-11(12)16/h1-5,21H,20H2. The minimum Gasteiger partial charge on any atom is -0.399 e. The van der Waals surface area contributed by atoms with Gasteiger partial charge in [-0.3, -0.25) is 0 Å². The van der Waals surface area contributed by atoms with Gasteiger partial charge in [0.15, 0.2) is 0 Å². The largest absolute Gasteiger partial charge is 0.417 e. The molecule has 2 aromatic carbocycles.